The minimum atomic E-state index is -0.293. The van der Waals surface area contributed by atoms with E-state index in [1.54, 1.807) is 0 Å². The zero-order valence-corrected chi connectivity index (χ0v) is 17.1. The van der Waals surface area contributed by atoms with Gasteiger partial charge in [-0.05, 0) is 42.2 Å². The summed E-state index contributed by atoms with van der Waals surface area (Å²) in [5, 5.41) is 1.17. The fourth-order valence-corrected chi connectivity index (χ4v) is 4.64. The lowest BCUT2D eigenvalue weighted by molar-refractivity contribution is -0.133. The van der Waals surface area contributed by atoms with Crippen LogP contribution < -0.4 is 0 Å². The van der Waals surface area contributed by atoms with Gasteiger partial charge in [0.15, 0.2) is 0 Å². The second-order valence-electron chi connectivity index (χ2n) is 8.06. The zero-order valence-electron chi connectivity index (χ0n) is 17.1. The van der Waals surface area contributed by atoms with Crippen LogP contribution in [-0.4, -0.2) is 33.4 Å². The molecule has 1 atom stereocenters. The molecular formula is C26H25N3O. The minimum Gasteiger partial charge on any atom is -0.340 e. The van der Waals surface area contributed by atoms with Crippen LogP contribution in [0.15, 0.2) is 85.1 Å². The molecule has 0 aliphatic carbocycles. The number of carbonyl (C=O) groups is 1. The average Bonchev–Trinajstić information content (AvgIpc) is 3.18. The Hall–Kier alpha value is -3.40. The second kappa shape index (κ2) is 7.79. The number of aryl methyl sites for hydroxylation is 1. The van der Waals surface area contributed by atoms with Gasteiger partial charge in [-0.1, -0.05) is 60.7 Å². The van der Waals surface area contributed by atoms with Crippen molar-refractivity contribution in [1.82, 2.24) is 14.5 Å². The number of hydrogen-bond acceptors (Lipinski definition) is 2. The van der Waals surface area contributed by atoms with Crippen molar-refractivity contribution in [2.24, 2.45) is 0 Å². The van der Waals surface area contributed by atoms with Crippen molar-refractivity contribution in [2.45, 2.75) is 31.3 Å². The van der Waals surface area contributed by atoms with Crippen LogP contribution in [-0.2, 0) is 17.8 Å². The van der Waals surface area contributed by atoms with Crippen molar-refractivity contribution >= 4 is 16.9 Å². The van der Waals surface area contributed by atoms with Gasteiger partial charge >= 0.3 is 0 Å². The molecule has 4 aromatic rings. The largest absolute Gasteiger partial charge is 0.340 e. The van der Waals surface area contributed by atoms with Crippen molar-refractivity contribution in [1.29, 1.82) is 0 Å². The first kappa shape index (κ1) is 18.6. The molecule has 4 heteroatoms. The van der Waals surface area contributed by atoms with Gasteiger partial charge in [0.1, 0.15) is 5.65 Å². The van der Waals surface area contributed by atoms with Crippen molar-refractivity contribution in [3.63, 3.8) is 0 Å². The smallest absolute Gasteiger partial charge is 0.234 e. The number of rotatable bonds is 4. The van der Waals surface area contributed by atoms with Crippen molar-refractivity contribution in [2.75, 3.05) is 7.05 Å². The van der Waals surface area contributed by atoms with Crippen molar-refractivity contribution in [3.8, 4) is 0 Å². The van der Waals surface area contributed by atoms with E-state index in [9.17, 15) is 4.79 Å². The van der Waals surface area contributed by atoms with E-state index in [1.807, 2.05) is 84.9 Å². The van der Waals surface area contributed by atoms with Crippen LogP contribution in [0.25, 0.3) is 11.0 Å². The van der Waals surface area contributed by atoms with E-state index in [2.05, 4.69) is 21.7 Å². The molecule has 30 heavy (non-hydrogen) atoms. The lowest BCUT2D eigenvalue weighted by Gasteiger charge is -2.35. The van der Waals surface area contributed by atoms with Gasteiger partial charge in [-0.3, -0.25) is 4.79 Å². The maximum Gasteiger partial charge on any atom is 0.234 e. The molecule has 0 unspecified atom stereocenters. The van der Waals surface area contributed by atoms with Gasteiger partial charge in [-0.2, -0.15) is 0 Å². The summed E-state index contributed by atoms with van der Waals surface area (Å²) in [7, 11) is 1.95. The number of aromatic nitrogens is 2. The average molecular weight is 396 g/mol. The third-order valence-corrected chi connectivity index (χ3v) is 6.28. The molecule has 0 bridgehead atoms. The lowest BCUT2D eigenvalue weighted by Crippen LogP contribution is -2.44. The summed E-state index contributed by atoms with van der Waals surface area (Å²) in [5.41, 5.74) is 4.39. The first-order chi connectivity index (χ1) is 14.7. The van der Waals surface area contributed by atoms with Crippen molar-refractivity contribution in [3.05, 3.63) is 102 Å². The van der Waals surface area contributed by atoms with Gasteiger partial charge in [0.2, 0.25) is 5.91 Å². The third kappa shape index (κ3) is 3.28. The number of carbonyl (C=O) groups excluding carboxylic acids is 1. The van der Waals surface area contributed by atoms with Crippen LogP contribution in [0.1, 0.15) is 29.2 Å². The Kier molecular flexibility index (Phi) is 4.83. The number of likely N-dealkylation sites (N-methyl/N-ethyl adjacent to an activating group) is 1. The summed E-state index contributed by atoms with van der Waals surface area (Å²) in [6.07, 6.45) is 3.77. The topological polar surface area (TPSA) is 38.1 Å². The molecule has 0 spiro atoms. The molecule has 2 aromatic carbocycles. The number of hydrogen-bond donors (Lipinski definition) is 0. The maximum atomic E-state index is 13.8. The predicted octanol–water partition coefficient (Wildman–Crippen LogP) is 4.64. The minimum absolute atomic E-state index is 0.144. The number of benzene rings is 2. The van der Waals surface area contributed by atoms with E-state index in [1.165, 1.54) is 11.1 Å². The quantitative estimate of drug-likeness (QED) is 0.505. The number of amides is 1. The standard InChI is InChI=1S/C26H25N3O/c1-28(23-15-14-22-17-21-13-8-16-27-25(21)29(22)18-23)26(30)24(19-9-4-2-5-10-19)20-11-6-3-7-12-20/h2-13,16-17,23-24H,14-15,18H2,1H3/t23-/m1/s1. The van der Waals surface area contributed by atoms with E-state index in [-0.39, 0.29) is 17.9 Å². The van der Waals surface area contributed by atoms with E-state index < -0.39 is 0 Å². The molecule has 5 rings (SSSR count). The summed E-state index contributed by atoms with van der Waals surface area (Å²) >= 11 is 0. The molecule has 2 aromatic heterocycles. The Labute approximate surface area is 176 Å². The van der Waals surface area contributed by atoms with E-state index in [0.717, 1.165) is 36.2 Å². The molecule has 0 fully saturated rings. The molecule has 0 saturated carbocycles. The SMILES string of the molecule is CN(C(=O)C(c1ccccc1)c1ccccc1)[C@@H]1CCc2cc3cccnc3n2C1. The van der Waals surface area contributed by atoms with Crippen LogP contribution in [0.2, 0.25) is 0 Å². The fourth-order valence-electron chi connectivity index (χ4n) is 4.64. The summed E-state index contributed by atoms with van der Waals surface area (Å²) in [6.45, 7) is 0.786. The van der Waals surface area contributed by atoms with Gasteiger partial charge < -0.3 is 9.47 Å². The first-order valence-electron chi connectivity index (χ1n) is 10.5. The molecular weight excluding hydrogens is 370 g/mol. The fraction of sp³-hybridized carbons (Fsp3) is 0.231. The molecule has 0 N–H and O–H groups in total. The van der Waals surface area contributed by atoms with Gasteiger partial charge in [0.25, 0.3) is 0 Å². The van der Waals surface area contributed by atoms with Crippen molar-refractivity contribution < 1.29 is 4.79 Å². The van der Waals surface area contributed by atoms with Gasteiger partial charge in [-0.15, -0.1) is 0 Å². The molecule has 150 valence electrons. The molecule has 1 aliphatic heterocycles. The highest BCUT2D eigenvalue weighted by Crippen LogP contribution is 2.30. The summed E-state index contributed by atoms with van der Waals surface area (Å²) in [5.74, 6) is -0.149. The number of fused-ring (bicyclic) bond motifs is 3. The summed E-state index contributed by atoms with van der Waals surface area (Å²) in [6, 6.07) is 26.7. The number of nitrogens with zero attached hydrogens (tertiary/aromatic N) is 3. The van der Waals surface area contributed by atoms with Gasteiger partial charge in [0, 0.05) is 36.9 Å². The van der Waals surface area contributed by atoms with Crippen LogP contribution in [0, 0.1) is 0 Å². The normalized spacial score (nSPS) is 15.9. The lowest BCUT2D eigenvalue weighted by atomic mass is 9.89. The van der Waals surface area contributed by atoms with E-state index >= 15 is 0 Å². The van der Waals surface area contributed by atoms with Crippen LogP contribution >= 0.6 is 0 Å². The third-order valence-electron chi connectivity index (χ3n) is 6.28. The highest BCUT2D eigenvalue weighted by atomic mass is 16.2. The highest BCUT2D eigenvalue weighted by Gasteiger charge is 2.32. The Morgan fingerprint density at radius 3 is 2.33 bits per heavy atom. The van der Waals surface area contributed by atoms with Gasteiger partial charge in [-0.25, -0.2) is 4.98 Å². The summed E-state index contributed by atoms with van der Waals surface area (Å²) < 4.78 is 2.29. The van der Waals surface area contributed by atoms with Crippen LogP contribution in [0.5, 0.6) is 0 Å². The molecule has 1 aliphatic rings. The predicted molar refractivity (Wildman–Crippen MR) is 119 cm³/mol. The van der Waals surface area contributed by atoms with Crippen LogP contribution in [0.4, 0.5) is 0 Å². The number of pyridine rings is 1. The zero-order chi connectivity index (χ0) is 20.5. The van der Waals surface area contributed by atoms with E-state index in [4.69, 9.17) is 0 Å². The second-order valence-corrected chi connectivity index (χ2v) is 8.06. The molecule has 0 radical (unpaired) electrons. The molecule has 1 amide bonds. The Morgan fingerprint density at radius 1 is 1.00 bits per heavy atom. The van der Waals surface area contributed by atoms with Crippen LogP contribution in [0.3, 0.4) is 0 Å². The molecule has 4 nitrogen and oxygen atoms in total. The first-order valence-corrected chi connectivity index (χ1v) is 10.5. The highest BCUT2D eigenvalue weighted by molar-refractivity contribution is 5.87. The van der Waals surface area contributed by atoms with Gasteiger partial charge in [0.05, 0.1) is 5.92 Å². The summed E-state index contributed by atoms with van der Waals surface area (Å²) in [4.78, 5) is 20.3. The Bertz CT molecular complexity index is 1130. The Balaban J connectivity index is 1.46. The van der Waals surface area contributed by atoms with E-state index in [0.29, 0.717) is 0 Å². The molecule has 3 heterocycles. The monoisotopic (exact) mass is 395 g/mol. The molecule has 0 saturated heterocycles. The maximum absolute atomic E-state index is 13.8. The Morgan fingerprint density at radius 2 is 1.67 bits per heavy atom.